The van der Waals surface area contributed by atoms with E-state index in [0.717, 1.165) is 13.0 Å². The van der Waals surface area contributed by atoms with Crippen LogP contribution in [0.1, 0.15) is 95.2 Å². The van der Waals surface area contributed by atoms with Crippen LogP contribution in [0.15, 0.2) is 71.4 Å². The van der Waals surface area contributed by atoms with E-state index in [1.165, 1.54) is 101 Å². The molecule has 2 aliphatic carbocycles. The van der Waals surface area contributed by atoms with E-state index >= 15 is 0 Å². The van der Waals surface area contributed by atoms with Gasteiger partial charge in [-0.05, 0) is 95.6 Å². The Kier molecular flexibility index (Phi) is 12.0. The third-order valence-electron chi connectivity index (χ3n) is 6.85. The maximum Gasteiger partial charge on any atom is 0.184 e. The number of pyridine rings is 1. The lowest BCUT2D eigenvalue weighted by Gasteiger charge is -2.16. The molecule has 2 nitrogen and oxygen atoms in total. The van der Waals surface area contributed by atoms with Gasteiger partial charge in [-0.25, -0.2) is 4.57 Å². The number of aliphatic imine (C=N–C) groups is 1. The van der Waals surface area contributed by atoms with Crippen molar-refractivity contribution < 1.29 is 4.57 Å². The maximum atomic E-state index is 4.91. The molecule has 1 aromatic rings. The number of allylic oxidation sites excluding steroid dienone is 8. The molecule has 1 heterocycles. The Labute approximate surface area is 202 Å². The summed E-state index contributed by atoms with van der Waals surface area (Å²) >= 11 is 0. The Bertz CT molecular complexity index is 854. The van der Waals surface area contributed by atoms with Crippen molar-refractivity contribution in [2.24, 2.45) is 4.99 Å². The number of nitrogens with zero attached hydrogens (tertiary/aromatic N) is 2. The fourth-order valence-corrected chi connectivity index (χ4v) is 4.95. The highest BCUT2D eigenvalue weighted by atomic mass is 15.0. The van der Waals surface area contributed by atoms with Crippen LogP contribution < -0.4 is 4.57 Å². The molecule has 33 heavy (non-hydrogen) atoms. The van der Waals surface area contributed by atoms with Gasteiger partial charge in [-0.2, -0.15) is 0 Å². The highest BCUT2D eigenvalue weighted by Gasteiger charge is 2.18. The first kappa shape index (κ1) is 25.4. The molecule has 1 saturated carbocycles. The number of rotatable bonds is 12. The molecule has 1 aromatic heterocycles. The molecule has 2 heteroatoms. The van der Waals surface area contributed by atoms with Crippen LogP contribution in [-0.2, 0) is 19.4 Å². The second-order valence-corrected chi connectivity index (χ2v) is 9.48. The summed E-state index contributed by atoms with van der Waals surface area (Å²) in [6.45, 7) is 4.23. The van der Waals surface area contributed by atoms with Crippen LogP contribution in [0.4, 0.5) is 0 Å². The van der Waals surface area contributed by atoms with Gasteiger partial charge in [0.2, 0.25) is 0 Å². The molecule has 0 spiro atoms. The minimum absolute atomic E-state index is 0.981. The summed E-state index contributed by atoms with van der Waals surface area (Å²) in [5, 5.41) is 0. The number of fused-ring (bicyclic) bond motifs is 1. The maximum absolute atomic E-state index is 4.91. The van der Waals surface area contributed by atoms with Gasteiger partial charge in [0.1, 0.15) is 6.54 Å². The second kappa shape index (κ2) is 15.6. The zero-order valence-corrected chi connectivity index (χ0v) is 21.0. The molecule has 0 amide bonds. The molecule has 0 atom stereocenters. The van der Waals surface area contributed by atoms with Gasteiger partial charge in [0.25, 0.3) is 0 Å². The highest BCUT2D eigenvalue weighted by Crippen LogP contribution is 2.21. The standard InChI is InChI=1S/C31H45N2/c1-2-3-19-28-20-12-14-23-30(28)32-25-16-10-8-6-4-5-7-9-11-17-26-33-27-18-22-29-21-13-15-24-31(29)33/h2-7,18-19,22,27H,8-17,20-21,23-26H2,1H3/q+1/b3-2-,6-4-,7-5-,28-19-,32-30?. The topological polar surface area (TPSA) is 16.2 Å². The Hall–Kier alpha value is -2.22. The van der Waals surface area contributed by atoms with E-state index in [0.29, 0.717) is 0 Å². The zero-order valence-electron chi connectivity index (χ0n) is 21.0. The van der Waals surface area contributed by atoms with Crippen molar-refractivity contribution in [1.82, 2.24) is 0 Å². The predicted molar refractivity (Wildman–Crippen MR) is 143 cm³/mol. The van der Waals surface area contributed by atoms with E-state index in [1.54, 1.807) is 11.3 Å². The van der Waals surface area contributed by atoms with Crippen molar-refractivity contribution in [3.8, 4) is 0 Å². The SMILES string of the molecule is C/C=C\C=C1\CCCCC1=NCCCC/C=C\C=C/CCCC[n+]1cccc2c1CCCC2. The van der Waals surface area contributed by atoms with Gasteiger partial charge in [0.15, 0.2) is 11.9 Å². The zero-order chi connectivity index (χ0) is 23.0. The van der Waals surface area contributed by atoms with Gasteiger partial charge < -0.3 is 0 Å². The summed E-state index contributed by atoms with van der Waals surface area (Å²) < 4.78 is 2.51. The van der Waals surface area contributed by atoms with Crippen molar-refractivity contribution >= 4 is 5.71 Å². The highest BCUT2D eigenvalue weighted by molar-refractivity contribution is 6.01. The molecule has 3 rings (SSSR count). The van der Waals surface area contributed by atoms with E-state index in [9.17, 15) is 0 Å². The van der Waals surface area contributed by atoms with Crippen LogP contribution in [0, 0.1) is 0 Å². The average Bonchev–Trinajstić information content (AvgIpc) is 2.86. The molecule has 0 aromatic carbocycles. The number of hydrogen-bond acceptors (Lipinski definition) is 1. The van der Waals surface area contributed by atoms with E-state index in [2.05, 4.69) is 72.4 Å². The van der Waals surface area contributed by atoms with Crippen molar-refractivity contribution in [2.45, 2.75) is 103 Å². The van der Waals surface area contributed by atoms with E-state index in [1.807, 2.05) is 0 Å². The van der Waals surface area contributed by atoms with Gasteiger partial charge in [-0.3, -0.25) is 4.99 Å². The summed E-state index contributed by atoms with van der Waals surface area (Å²) in [4.78, 5) is 4.91. The number of unbranched alkanes of at least 4 members (excludes halogenated alkanes) is 4. The summed E-state index contributed by atoms with van der Waals surface area (Å²) in [6.07, 6.45) is 35.4. The normalized spacial score (nSPS) is 19.4. The van der Waals surface area contributed by atoms with Crippen molar-refractivity contribution in [3.05, 3.63) is 77.7 Å². The van der Waals surface area contributed by atoms with E-state index in [4.69, 9.17) is 4.99 Å². The fourth-order valence-electron chi connectivity index (χ4n) is 4.95. The summed E-state index contributed by atoms with van der Waals surface area (Å²) in [6, 6.07) is 4.56. The fraction of sp³-hybridized carbons (Fsp3) is 0.548. The van der Waals surface area contributed by atoms with Crippen molar-refractivity contribution in [3.63, 3.8) is 0 Å². The smallest absolute Gasteiger partial charge is 0.184 e. The van der Waals surface area contributed by atoms with Crippen molar-refractivity contribution in [2.75, 3.05) is 6.54 Å². The molecule has 0 radical (unpaired) electrons. The molecular formula is C31H45N2+. The minimum Gasteiger partial charge on any atom is -0.289 e. The molecule has 0 N–H and O–H groups in total. The Morgan fingerprint density at radius 1 is 0.848 bits per heavy atom. The number of aryl methyl sites for hydroxylation is 2. The summed E-state index contributed by atoms with van der Waals surface area (Å²) in [5.41, 5.74) is 6.01. The van der Waals surface area contributed by atoms with Gasteiger partial charge in [-0.1, -0.05) is 42.5 Å². The van der Waals surface area contributed by atoms with Crippen LogP contribution in [0.5, 0.6) is 0 Å². The van der Waals surface area contributed by atoms with Crippen LogP contribution in [0.25, 0.3) is 0 Å². The van der Waals surface area contributed by atoms with Crippen LogP contribution in [-0.4, -0.2) is 12.3 Å². The lowest BCUT2D eigenvalue weighted by molar-refractivity contribution is -0.705. The molecule has 0 unspecified atom stereocenters. The third-order valence-corrected chi connectivity index (χ3v) is 6.85. The largest absolute Gasteiger partial charge is 0.289 e. The lowest BCUT2D eigenvalue weighted by Crippen LogP contribution is -2.40. The van der Waals surface area contributed by atoms with Gasteiger partial charge in [-0.15, -0.1) is 0 Å². The van der Waals surface area contributed by atoms with Crippen molar-refractivity contribution in [1.29, 1.82) is 0 Å². The first-order valence-electron chi connectivity index (χ1n) is 13.6. The van der Waals surface area contributed by atoms with Crippen LogP contribution >= 0.6 is 0 Å². The number of aromatic nitrogens is 1. The minimum atomic E-state index is 0.981. The quantitative estimate of drug-likeness (QED) is 0.177. The summed E-state index contributed by atoms with van der Waals surface area (Å²) in [5.74, 6) is 0. The first-order chi connectivity index (χ1) is 16.4. The van der Waals surface area contributed by atoms with E-state index in [-0.39, 0.29) is 0 Å². The molecule has 0 saturated heterocycles. The second-order valence-electron chi connectivity index (χ2n) is 9.48. The molecule has 0 aliphatic heterocycles. The molecule has 0 bridgehead atoms. The molecular weight excluding hydrogens is 400 g/mol. The molecule has 2 aliphatic rings. The van der Waals surface area contributed by atoms with Crippen LogP contribution in [0.2, 0.25) is 0 Å². The Balaban J connectivity index is 1.23. The summed E-state index contributed by atoms with van der Waals surface area (Å²) in [7, 11) is 0. The first-order valence-corrected chi connectivity index (χ1v) is 13.6. The van der Waals surface area contributed by atoms with Gasteiger partial charge in [0, 0.05) is 36.7 Å². The monoisotopic (exact) mass is 445 g/mol. The third kappa shape index (κ3) is 9.27. The Morgan fingerprint density at radius 3 is 2.45 bits per heavy atom. The van der Waals surface area contributed by atoms with Crippen LogP contribution in [0.3, 0.4) is 0 Å². The van der Waals surface area contributed by atoms with E-state index < -0.39 is 0 Å². The predicted octanol–water partition coefficient (Wildman–Crippen LogP) is 7.82. The average molecular weight is 446 g/mol. The Morgan fingerprint density at radius 2 is 1.61 bits per heavy atom. The van der Waals surface area contributed by atoms with Gasteiger partial charge in [0.05, 0.1) is 0 Å². The lowest BCUT2D eigenvalue weighted by atomic mass is 9.92. The number of hydrogen-bond donors (Lipinski definition) is 0. The molecule has 178 valence electrons. The van der Waals surface area contributed by atoms with Gasteiger partial charge >= 0.3 is 0 Å². The molecule has 1 fully saturated rings.